The van der Waals surface area contributed by atoms with Crippen LogP contribution < -0.4 is 27.9 Å². The molecule has 0 heterocycles. The number of unbranched alkanes of at least 4 members (excludes halogenated alkanes) is 7. The molecule has 0 aliphatic rings. The smallest absolute Gasteiger partial charge is 0.396 e. The quantitative estimate of drug-likeness (QED) is 0.354. The van der Waals surface area contributed by atoms with Crippen LogP contribution in [0.5, 0.6) is 0 Å². The first-order chi connectivity index (χ1) is 6.77. The van der Waals surface area contributed by atoms with Crippen molar-refractivity contribution in [1.82, 2.24) is 0 Å². The van der Waals surface area contributed by atoms with Gasteiger partial charge in [-0.15, -0.1) is 0 Å². The zero-order valence-corrected chi connectivity index (χ0v) is 11.1. The van der Waals surface area contributed by atoms with Gasteiger partial charge in [-0.2, -0.15) is 0 Å². The van der Waals surface area contributed by atoms with Gasteiger partial charge in [0, 0.05) is 0 Å². The molecule has 4 heteroatoms. The van der Waals surface area contributed by atoms with Crippen molar-refractivity contribution in [3.05, 3.63) is 0 Å². The van der Waals surface area contributed by atoms with E-state index in [-0.39, 0.29) is 0 Å². The van der Waals surface area contributed by atoms with Crippen LogP contribution >= 0.6 is 0 Å². The fourth-order valence-electron chi connectivity index (χ4n) is 1.35. The van der Waals surface area contributed by atoms with E-state index in [0.29, 0.717) is 6.61 Å². The minimum absolute atomic E-state index is 0.396. The molecule has 0 amide bonds. The monoisotopic (exact) mass is 316 g/mol. The zero-order chi connectivity index (χ0) is 10.6. The van der Waals surface area contributed by atoms with Crippen LogP contribution in [0.3, 0.4) is 0 Å². The van der Waals surface area contributed by atoms with E-state index in [2.05, 4.69) is 9.99 Å². The highest BCUT2D eigenvalue weighted by Crippen LogP contribution is 2.07. The van der Waals surface area contributed by atoms with Gasteiger partial charge in [-0.25, -0.2) is 0 Å². The van der Waals surface area contributed by atoms with Crippen molar-refractivity contribution in [3.8, 4) is 0 Å². The molecule has 0 aromatic carbocycles. The largest absolute Gasteiger partial charge is 0.506 e. The molecule has 0 aliphatic heterocycles. The average Bonchev–Trinajstić information content (AvgIpc) is 2.15. The van der Waals surface area contributed by atoms with E-state index in [1.54, 1.807) is 0 Å². The van der Waals surface area contributed by atoms with E-state index in [9.17, 15) is 6.87 Å². The summed E-state index contributed by atoms with van der Waals surface area (Å²) in [5.74, 6) is 0. The summed E-state index contributed by atoms with van der Waals surface area (Å²) in [5.41, 5.74) is 0. The Labute approximate surface area is 95.9 Å². The number of hydrogen-bond donors (Lipinski definition) is 0. The van der Waals surface area contributed by atoms with E-state index in [0.717, 1.165) is 12.8 Å². The third kappa shape index (κ3) is 12.6. The van der Waals surface area contributed by atoms with Gasteiger partial charge in [-0.05, 0) is 9.49 Å². The van der Waals surface area contributed by atoms with Gasteiger partial charge in [0.15, 0.2) is 0 Å². The van der Waals surface area contributed by atoms with E-state index >= 15 is 0 Å². The Morgan fingerprint density at radius 2 is 1.36 bits per heavy atom. The van der Waals surface area contributed by atoms with Crippen molar-refractivity contribution in [1.29, 1.82) is 0 Å². The highest BCUT2D eigenvalue weighted by Gasteiger charge is 2.09. The Hall–Kier alpha value is 0.610. The van der Waals surface area contributed by atoms with Crippen LogP contribution in [0.15, 0.2) is 0 Å². The molecule has 0 radical (unpaired) electrons. The normalized spacial score (nSPS) is 11.1. The second kappa shape index (κ2) is 11.7. The molecule has 0 unspecified atom stereocenters. The standard InChI is InChI=1S/C10H21IO3/c1-2-3-4-5-6-7-8-9-10-14-11(12)13/h2-10H2,1H3. The highest BCUT2D eigenvalue weighted by molar-refractivity contribution is 4.44. The third-order valence-electron chi connectivity index (χ3n) is 2.16. The van der Waals surface area contributed by atoms with Crippen LogP contribution in [-0.4, -0.2) is 6.61 Å². The minimum Gasteiger partial charge on any atom is -0.396 e. The highest BCUT2D eigenvalue weighted by atomic mass is 127. The van der Waals surface area contributed by atoms with Gasteiger partial charge in [0.25, 0.3) is 0 Å². The summed E-state index contributed by atoms with van der Waals surface area (Å²) in [6.07, 6.45) is 9.73. The molecule has 0 aliphatic carbocycles. The second-order valence-electron chi connectivity index (χ2n) is 3.48. The first kappa shape index (κ1) is 14.6. The SMILES string of the molecule is CCCCCCCCCCO[I+2]([O-])[O-]. The van der Waals surface area contributed by atoms with Gasteiger partial charge in [0.05, 0.1) is 0 Å². The van der Waals surface area contributed by atoms with Crippen molar-refractivity contribution in [2.45, 2.75) is 58.3 Å². The Kier molecular flexibility index (Phi) is 12.2. The first-order valence-corrected chi connectivity index (χ1v) is 8.10. The average molecular weight is 316 g/mol. The molecule has 0 saturated heterocycles. The summed E-state index contributed by atoms with van der Waals surface area (Å²) in [4.78, 5) is 0. The lowest BCUT2D eigenvalue weighted by atomic mass is 10.1. The molecular weight excluding hydrogens is 295 g/mol. The summed E-state index contributed by atoms with van der Waals surface area (Å²) in [6, 6.07) is 0. The predicted molar refractivity (Wildman–Crippen MR) is 48.6 cm³/mol. The Bertz CT molecular complexity index is 110. The molecule has 0 N–H and O–H groups in total. The number of halogens is 1. The lowest BCUT2D eigenvalue weighted by Gasteiger charge is -1.99. The molecule has 0 spiro atoms. The van der Waals surface area contributed by atoms with Crippen LogP contribution in [0.1, 0.15) is 58.3 Å². The fourth-order valence-corrected chi connectivity index (χ4v) is 2.02. The van der Waals surface area contributed by atoms with Crippen LogP contribution in [0.2, 0.25) is 0 Å². The molecule has 3 nitrogen and oxygen atoms in total. The zero-order valence-electron chi connectivity index (χ0n) is 8.97. The van der Waals surface area contributed by atoms with E-state index in [4.69, 9.17) is 0 Å². The maximum Gasteiger partial charge on any atom is 0.506 e. The van der Waals surface area contributed by atoms with Gasteiger partial charge in [0.1, 0.15) is 6.61 Å². The molecule has 14 heavy (non-hydrogen) atoms. The second-order valence-corrected chi connectivity index (χ2v) is 5.18. The summed E-state index contributed by atoms with van der Waals surface area (Å²) < 4.78 is 24.8. The van der Waals surface area contributed by atoms with Crippen LogP contribution in [0.4, 0.5) is 0 Å². The molecule has 0 saturated carbocycles. The summed E-state index contributed by atoms with van der Waals surface area (Å²) >= 11 is -3.39. The van der Waals surface area contributed by atoms with Crippen molar-refractivity contribution < 1.29 is 31.0 Å². The van der Waals surface area contributed by atoms with Gasteiger partial charge in [-0.1, -0.05) is 51.9 Å². The molecule has 86 valence electrons. The Balaban J connectivity index is 2.85. The fraction of sp³-hybridized carbons (Fsp3) is 1.00. The van der Waals surface area contributed by atoms with Crippen molar-refractivity contribution in [3.63, 3.8) is 0 Å². The molecule has 0 rings (SSSR count). The molecule has 0 bridgehead atoms. The molecular formula is C10H21IO3. The van der Waals surface area contributed by atoms with E-state index < -0.39 is 21.1 Å². The predicted octanol–water partition coefficient (Wildman–Crippen LogP) is -1.77. The Morgan fingerprint density at radius 1 is 0.857 bits per heavy atom. The van der Waals surface area contributed by atoms with Crippen LogP contribution in [0.25, 0.3) is 0 Å². The summed E-state index contributed by atoms with van der Waals surface area (Å²) in [5, 5.41) is 0. The lowest BCUT2D eigenvalue weighted by molar-refractivity contribution is -1.63. The van der Waals surface area contributed by atoms with Gasteiger partial charge in [-0.3, -0.25) is 0 Å². The van der Waals surface area contributed by atoms with E-state index in [1.807, 2.05) is 0 Å². The maximum atomic E-state index is 10.1. The Morgan fingerprint density at radius 3 is 1.86 bits per heavy atom. The lowest BCUT2D eigenvalue weighted by Crippen LogP contribution is -3.99. The first-order valence-electron chi connectivity index (χ1n) is 5.46. The van der Waals surface area contributed by atoms with Gasteiger partial charge >= 0.3 is 21.1 Å². The maximum absolute atomic E-state index is 10.1. The molecule has 0 aromatic heterocycles. The van der Waals surface area contributed by atoms with Gasteiger partial charge < -0.3 is 6.87 Å². The van der Waals surface area contributed by atoms with Crippen LogP contribution in [0, 0.1) is 0 Å². The topological polar surface area (TPSA) is 55.3 Å². The molecule has 0 fully saturated rings. The molecule has 0 atom stereocenters. The summed E-state index contributed by atoms with van der Waals surface area (Å²) in [7, 11) is 0. The molecule has 0 aromatic rings. The summed E-state index contributed by atoms with van der Waals surface area (Å²) in [6.45, 7) is 2.61. The van der Waals surface area contributed by atoms with Crippen molar-refractivity contribution in [2.75, 3.05) is 6.61 Å². The van der Waals surface area contributed by atoms with Crippen molar-refractivity contribution >= 4 is 0 Å². The van der Waals surface area contributed by atoms with Crippen LogP contribution in [-0.2, 0) is 3.07 Å². The van der Waals surface area contributed by atoms with Crippen molar-refractivity contribution in [2.24, 2.45) is 0 Å². The minimum atomic E-state index is -3.39. The van der Waals surface area contributed by atoms with E-state index in [1.165, 1.54) is 38.5 Å². The van der Waals surface area contributed by atoms with Gasteiger partial charge in [0.2, 0.25) is 0 Å². The third-order valence-corrected chi connectivity index (χ3v) is 3.11. The number of hydrogen-bond acceptors (Lipinski definition) is 3. The number of rotatable bonds is 10.